The fraction of sp³-hybridized carbons (Fsp3) is 0.500. The van der Waals surface area contributed by atoms with Crippen molar-refractivity contribution in [1.82, 2.24) is 9.55 Å². The normalized spacial score (nSPS) is 21.2. The standard InChI is InChI=1S/C14H16ClFN2S2/c1-9(15)14-17-12-3-2-10(16)6-13(12)18(14)7-11-8-19-4-5-20-11/h2-3,6,9,11H,4-5,7-8H2,1H3. The molecule has 1 fully saturated rings. The maximum absolute atomic E-state index is 13.5. The molecule has 108 valence electrons. The van der Waals surface area contributed by atoms with Gasteiger partial charge in [0.25, 0.3) is 0 Å². The Morgan fingerprint density at radius 3 is 3.05 bits per heavy atom. The Morgan fingerprint density at radius 1 is 1.50 bits per heavy atom. The molecule has 0 bridgehead atoms. The van der Waals surface area contributed by atoms with Gasteiger partial charge in [-0.2, -0.15) is 23.5 Å². The second kappa shape index (κ2) is 6.16. The molecular formula is C14H16ClFN2S2. The third-order valence-corrected chi connectivity index (χ3v) is 6.39. The zero-order valence-corrected chi connectivity index (χ0v) is 13.6. The summed E-state index contributed by atoms with van der Waals surface area (Å²) in [6, 6.07) is 4.74. The molecule has 20 heavy (non-hydrogen) atoms. The first-order valence-corrected chi connectivity index (χ1v) is 9.28. The minimum atomic E-state index is -0.224. The van der Waals surface area contributed by atoms with E-state index >= 15 is 0 Å². The van der Waals surface area contributed by atoms with Crippen LogP contribution in [-0.2, 0) is 6.54 Å². The lowest BCUT2D eigenvalue weighted by molar-refractivity contribution is 0.625. The Balaban J connectivity index is 2.01. The molecule has 2 nitrogen and oxygen atoms in total. The van der Waals surface area contributed by atoms with Crippen LogP contribution < -0.4 is 0 Å². The van der Waals surface area contributed by atoms with Gasteiger partial charge in [-0.05, 0) is 25.1 Å². The number of alkyl halides is 1. The van der Waals surface area contributed by atoms with Crippen molar-refractivity contribution in [2.24, 2.45) is 0 Å². The van der Waals surface area contributed by atoms with Gasteiger partial charge in [0.15, 0.2) is 0 Å². The van der Waals surface area contributed by atoms with Crippen LogP contribution in [0, 0.1) is 5.82 Å². The van der Waals surface area contributed by atoms with Gasteiger partial charge in [0.05, 0.1) is 16.4 Å². The van der Waals surface area contributed by atoms with E-state index in [1.807, 2.05) is 30.4 Å². The SMILES string of the molecule is CC(Cl)c1nc2ccc(F)cc2n1CC1CSCCS1. The van der Waals surface area contributed by atoms with Gasteiger partial charge in [-0.25, -0.2) is 9.37 Å². The van der Waals surface area contributed by atoms with Gasteiger partial charge in [0.2, 0.25) is 0 Å². The summed E-state index contributed by atoms with van der Waals surface area (Å²) < 4.78 is 15.6. The Hall–Kier alpha value is -0.390. The molecule has 0 aliphatic carbocycles. The van der Waals surface area contributed by atoms with Crippen LogP contribution in [0.4, 0.5) is 4.39 Å². The number of fused-ring (bicyclic) bond motifs is 1. The number of imidazole rings is 1. The molecule has 1 aliphatic rings. The second-order valence-corrected chi connectivity index (χ2v) is 8.11. The first-order chi connectivity index (χ1) is 9.65. The van der Waals surface area contributed by atoms with Gasteiger partial charge in [-0.15, -0.1) is 11.6 Å². The van der Waals surface area contributed by atoms with Crippen molar-refractivity contribution in [3.63, 3.8) is 0 Å². The summed E-state index contributed by atoms with van der Waals surface area (Å²) in [6.07, 6.45) is 0. The molecule has 0 amide bonds. The number of aromatic nitrogens is 2. The number of hydrogen-bond donors (Lipinski definition) is 0. The van der Waals surface area contributed by atoms with E-state index in [-0.39, 0.29) is 11.2 Å². The predicted octanol–water partition coefficient (Wildman–Crippen LogP) is 4.32. The Labute approximate surface area is 131 Å². The fourth-order valence-electron chi connectivity index (χ4n) is 2.46. The monoisotopic (exact) mass is 330 g/mol. The predicted molar refractivity (Wildman–Crippen MR) is 87.5 cm³/mol. The van der Waals surface area contributed by atoms with E-state index in [1.54, 1.807) is 12.1 Å². The fourth-order valence-corrected chi connectivity index (χ4v) is 5.27. The third kappa shape index (κ3) is 2.95. The van der Waals surface area contributed by atoms with E-state index in [1.165, 1.54) is 17.6 Å². The van der Waals surface area contributed by atoms with Crippen LogP contribution in [0.25, 0.3) is 11.0 Å². The van der Waals surface area contributed by atoms with Crippen molar-refractivity contribution in [1.29, 1.82) is 0 Å². The van der Waals surface area contributed by atoms with E-state index in [2.05, 4.69) is 9.55 Å². The van der Waals surface area contributed by atoms with Crippen LogP contribution in [0.2, 0.25) is 0 Å². The smallest absolute Gasteiger partial charge is 0.127 e. The zero-order chi connectivity index (χ0) is 14.1. The second-order valence-electron chi connectivity index (χ2n) is 4.90. The van der Waals surface area contributed by atoms with Crippen LogP contribution >= 0.6 is 35.1 Å². The van der Waals surface area contributed by atoms with Crippen LogP contribution in [0.5, 0.6) is 0 Å². The summed E-state index contributed by atoms with van der Waals surface area (Å²) in [6.45, 7) is 2.77. The van der Waals surface area contributed by atoms with Gasteiger partial charge < -0.3 is 4.57 Å². The number of rotatable bonds is 3. The van der Waals surface area contributed by atoms with E-state index in [0.717, 1.165) is 29.2 Å². The topological polar surface area (TPSA) is 17.8 Å². The molecule has 2 unspecified atom stereocenters. The quantitative estimate of drug-likeness (QED) is 0.780. The molecule has 1 aromatic carbocycles. The molecule has 0 N–H and O–H groups in total. The maximum Gasteiger partial charge on any atom is 0.127 e. The molecule has 2 heterocycles. The van der Waals surface area contributed by atoms with Crippen LogP contribution in [0.1, 0.15) is 18.1 Å². The highest BCUT2D eigenvalue weighted by atomic mass is 35.5. The highest BCUT2D eigenvalue weighted by Gasteiger charge is 2.21. The van der Waals surface area contributed by atoms with Crippen molar-refractivity contribution in [2.75, 3.05) is 17.3 Å². The average Bonchev–Trinajstić information content (AvgIpc) is 2.78. The molecular weight excluding hydrogens is 315 g/mol. The number of hydrogen-bond acceptors (Lipinski definition) is 3. The first-order valence-electron chi connectivity index (χ1n) is 6.64. The summed E-state index contributed by atoms with van der Waals surface area (Å²) in [5.41, 5.74) is 1.67. The molecule has 0 saturated carbocycles. The molecule has 1 saturated heterocycles. The maximum atomic E-state index is 13.5. The number of thioether (sulfide) groups is 2. The Kier molecular flexibility index (Phi) is 4.48. The van der Waals surface area contributed by atoms with Gasteiger partial charge in [-0.1, -0.05) is 0 Å². The van der Waals surface area contributed by atoms with Crippen molar-refractivity contribution >= 4 is 46.2 Å². The Morgan fingerprint density at radius 2 is 2.35 bits per heavy atom. The van der Waals surface area contributed by atoms with Crippen LogP contribution in [-0.4, -0.2) is 32.1 Å². The molecule has 3 rings (SSSR count). The first kappa shape index (κ1) is 14.5. The van der Waals surface area contributed by atoms with Gasteiger partial charge in [0, 0.05) is 29.1 Å². The summed E-state index contributed by atoms with van der Waals surface area (Å²) in [4.78, 5) is 4.57. The van der Waals surface area contributed by atoms with Crippen LogP contribution in [0.15, 0.2) is 18.2 Å². The minimum Gasteiger partial charge on any atom is -0.326 e. The van der Waals surface area contributed by atoms with Crippen LogP contribution in [0.3, 0.4) is 0 Å². The molecule has 2 atom stereocenters. The van der Waals surface area contributed by atoms with E-state index in [0.29, 0.717) is 5.25 Å². The largest absolute Gasteiger partial charge is 0.326 e. The van der Waals surface area contributed by atoms with Crippen molar-refractivity contribution in [3.05, 3.63) is 29.8 Å². The molecule has 6 heteroatoms. The highest BCUT2D eigenvalue weighted by molar-refractivity contribution is 8.06. The highest BCUT2D eigenvalue weighted by Crippen LogP contribution is 2.30. The summed E-state index contributed by atoms with van der Waals surface area (Å²) in [7, 11) is 0. The molecule has 1 aromatic heterocycles. The Bertz CT molecular complexity index is 608. The number of benzene rings is 1. The lowest BCUT2D eigenvalue weighted by Crippen LogP contribution is -2.21. The zero-order valence-electron chi connectivity index (χ0n) is 11.2. The number of halogens is 2. The van der Waals surface area contributed by atoms with E-state index < -0.39 is 0 Å². The van der Waals surface area contributed by atoms with Crippen molar-refractivity contribution in [3.8, 4) is 0 Å². The van der Waals surface area contributed by atoms with Gasteiger partial charge >= 0.3 is 0 Å². The van der Waals surface area contributed by atoms with Crippen molar-refractivity contribution < 1.29 is 4.39 Å². The summed E-state index contributed by atoms with van der Waals surface area (Å²) in [5, 5.41) is 0.371. The van der Waals surface area contributed by atoms with E-state index in [9.17, 15) is 4.39 Å². The van der Waals surface area contributed by atoms with E-state index in [4.69, 9.17) is 11.6 Å². The molecule has 0 radical (unpaired) electrons. The summed E-state index contributed by atoms with van der Waals surface area (Å²) in [5.74, 6) is 4.15. The number of nitrogens with zero attached hydrogens (tertiary/aromatic N) is 2. The summed E-state index contributed by atoms with van der Waals surface area (Å²) >= 11 is 10.2. The molecule has 1 aliphatic heterocycles. The minimum absolute atomic E-state index is 0.174. The molecule has 2 aromatic rings. The third-order valence-electron chi connectivity index (χ3n) is 3.37. The van der Waals surface area contributed by atoms with Crippen molar-refractivity contribution in [2.45, 2.75) is 24.1 Å². The van der Waals surface area contributed by atoms with Gasteiger partial charge in [-0.3, -0.25) is 0 Å². The lowest BCUT2D eigenvalue weighted by atomic mass is 10.3. The average molecular weight is 331 g/mol. The molecule has 0 spiro atoms. The lowest BCUT2D eigenvalue weighted by Gasteiger charge is -2.23. The van der Waals surface area contributed by atoms with Gasteiger partial charge in [0.1, 0.15) is 11.6 Å².